The normalized spacial score (nSPS) is 15.6. The molecule has 4 aromatic rings. The third-order valence-electron chi connectivity index (χ3n) is 5.74. The summed E-state index contributed by atoms with van der Waals surface area (Å²) in [4.78, 5) is 28.9. The van der Waals surface area contributed by atoms with Crippen LogP contribution in [0.3, 0.4) is 0 Å². The Kier molecular flexibility index (Phi) is 5.33. The van der Waals surface area contributed by atoms with Gasteiger partial charge in [0.15, 0.2) is 5.82 Å². The molecule has 0 radical (unpaired) electrons. The molecule has 1 amide bonds. The molecule has 5 rings (SSSR count). The van der Waals surface area contributed by atoms with Gasteiger partial charge in [-0.25, -0.2) is 15.0 Å². The first kappa shape index (κ1) is 21.1. The number of carbonyl (C=O) groups excluding carboxylic acids is 1. The van der Waals surface area contributed by atoms with Crippen molar-refractivity contribution >= 4 is 29.3 Å². The van der Waals surface area contributed by atoms with Gasteiger partial charge in [0, 0.05) is 49.7 Å². The molecule has 1 aliphatic rings. The van der Waals surface area contributed by atoms with Crippen molar-refractivity contribution in [2.45, 2.75) is 33.0 Å². The second-order valence-corrected chi connectivity index (χ2v) is 8.64. The van der Waals surface area contributed by atoms with E-state index in [2.05, 4.69) is 25.4 Å². The fourth-order valence-corrected chi connectivity index (χ4v) is 4.20. The number of carbonyl (C=O) groups is 1. The standard InChI is InChI=1S/C23H23ClN8O/c1-14-10-25-23(28-19-7-8-26-30(19)3)29-20(14)18-13-31-11-15(2)32(22(33)21(31)27-18)12-16-5-4-6-17(24)9-16/h4-10,13,15H,11-12H2,1-3H3,(H,25,28,29). The lowest BCUT2D eigenvalue weighted by molar-refractivity contribution is 0.0587. The van der Waals surface area contributed by atoms with E-state index in [1.807, 2.05) is 66.9 Å². The van der Waals surface area contributed by atoms with Gasteiger partial charge in [-0.1, -0.05) is 23.7 Å². The molecule has 0 saturated carbocycles. The van der Waals surface area contributed by atoms with Crippen LogP contribution < -0.4 is 5.32 Å². The molecular weight excluding hydrogens is 440 g/mol. The largest absolute Gasteiger partial charge is 0.327 e. The van der Waals surface area contributed by atoms with Gasteiger partial charge in [-0.3, -0.25) is 9.48 Å². The van der Waals surface area contributed by atoms with Crippen LogP contribution in [0, 0.1) is 6.92 Å². The van der Waals surface area contributed by atoms with Gasteiger partial charge in [0.25, 0.3) is 5.91 Å². The SMILES string of the molecule is Cc1cnc(Nc2ccnn2C)nc1-c1cn2c(n1)C(=O)N(Cc1cccc(Cl)c1)C(C)C2. The lowest BCUT2D eigenvalue weighted by atomic mass is 10.1. The first-order chi connectivity index (χ1) is 15.9. The highest BCUT2D eigenvalue weighted by Crippen LogP contribution is 2.27. The Labute approximate surface area is 196 Å². The number of aryl methyl sites for hydroxylation is 2. The average Bonchev–Trinajstić information content (AvgIpc) is 3.39. The van der Waals surface area contributed by atoms with Crippen LogP contribution in [0.15, 0.2) is 48.9 Å². The molecule has 168 valence electrons. The van der Waals surface area contributed by atoms with Crippen molar-refractivity contribution in [1.29, 1.82) is 0 Å². The van der Waals surface area contributed by atoms with E-state index in [9.17, 15) is 4.79 Å². The van der Waals surface area contributed by atoms with E-state index in [0.29, 0.717) is 41.3 Å². The topological polar surface area (TPSA) is 93.8 Å². The number of hydrogen-bond donors (Lipinski definition) is 1. The van der Waals surface area contributed by atoms with E-state index in [1.165, 1.54) is 0 Å². The maximum absolute atomic E-state index is 13.3. The van der Waals surface area contributed by atoms with Gasteiger partial charge in [0.2, 0.25) is 5.95 Å². The molecule has 9 nitrogen and oxygen atoms in total. The highest BCUT2D eigenvalue weighted by atomic mass is 35.5. The average molecular weight is 463 g/mol. The molecule has 1 aromatic carbocycles. The van der Waals surface area contributed by atoms with Crippen molar-refractivity contribution in [3.63, 3.8) is 0 Å². The summed E-state index contributed by atoms with van der Waals surface area (Å²) in [5.41, 5.74) is 3.18. The van der Waals surface area contributed by atoms with Gasteiger partial charge >= 0.3 is 0 Å². The first-order valence-corrected chi connectivity index (χ1v) is 11.0. The molecule has 0 bridgehead atoms. The molecule has 1 N–H and O–H groups in total. The van der Waals surface area contributed by atoms with Crippen LogP contribution >= 0.6 is 11.6 Å². The zero-order valence-electron chi connectivity index (χ0n) is 18.5. The Bertz CT molecular complexity index is 1340. The van der Waals surface area contributed by atoms with E-state index >= 15 is 0 Å². The fourth-order valence-electron chi connectivity index (χ4n) is 3.98. The molecule has 0 spiro atoms. The van der Waals surface area contributed by atoms with Crippen LogP contribution in [0.2, 0.25) is 5.02 Å². The molecule has 0 aliphatic carbocycles. The third kappa shape index (κ3) is 4.07. The van der Waals surface area contributed by atoms with Crippen LogP contribution in [-0.4, -0.2) is 46.1 Å². The zero-order valence-corrected chi connectivity index (χ0v) is 19.3. The van der Waals surface area contributed by atoms with Crippen LogP contribution in [0.5, 0.6) is 0 Å². The quantitative estimate of drug-likeness (QED) is 0.484. The van der Waals surface area contributed by atoms with Gasteiger partial charge in [-0.2, -0.15) is 5.10 Å². The summed E-state index contributed by atoms with van der Waals surface area (Å²) in [5, 5.41) is 7.97. The second kappa shape index (κ2) is 8.32. The Morgan fingerprint density at radius 3 is 2.85 bits per heavy atom. The number of imidazole rings is 1. The van der Waals surface area contributed by atoms with Crippen LogP contribution in [0.25, 0.3) is 11.4 Å². The van der Waals surface area contributed by atoms with Crippen molar-refractivity contribution in [2.24, 2.45) is 7.05 Å². The third-order valence-corrected chi connectivity index (χ3v) is 5.97. The summed E-state index contributed by atoms with van der Waals surface area (Å²) < 4.78 is 3.61. The number of fused-ring (bicyclic) bond motifs is 1. The summed E-state index contributed by atoms with van der Waals surface area (Å²) in [5.74, 6) is 1.51. The number of hydrogen-bond acceptors (Lipinski definition) is 6. The lowest BCUT2D eigenvalue weighted by Crippen LogP contribution is -2.46. The molecule has 0 saturated heterocycles. The maximum atomic E-state index is 13.3. The van der Waals surface area contributed by atoms with Crippen molar-refractivity contribution in [3.8, 4) is 11.4 Å². The Morgan fingerprint density at radius 1 is 1.24 bits per heavy atom. The molecule has 33 heavy (non-hydrogen) atoms. The van der Waals surface area contributed by atoms with Crippen molar-refractivity contribution in [1.82, 2.24) is 34.2 Å². The van der Waals surface area contributed by atoms with Gasteiger partial charge in [-0.05, 0) is 37.1 Å². The first-order valence-electron chi connectivity index (χ1n) is 10.6. The van der Waals surface area contributed by atoms with Crippen molar-refractivity contribution in [3.05, 3.63) is 70.9 Å². The molecule has 0 fully saturated rings. The molecular formula is C23H23ClN8O. The summed E-state index contributed by atoms with van der Waals surface area (Å²) in [6, 6.07) is 9.43. The smallest absolute Gasteiger partial charge is 0.290 e. The number of nitrogens with one attached hydrogen (secondary N) is 1. The van der Waals surface area contributed by atoms with E-state index < -0.39 is 0 Å². The number of aromatic nitrogens is 6. The number of halogens is 1. The number of amides is 1. The zero-order chi connectivity index (χ0) is 23.1. The Balaban J connectivity index is 1.44. The molecule has 4 heterocycles. The van der Waals surface area contributed by atoms with Gasteiger partial charge < -0.3 is 14.8 Å². The van der Waals surface area contributed by atoms with Gasteiger partial charge in [0.05, 0.1) is 11.9 Å². The predicted molar refractivity (Wildman–Crippen MR) is 125 cm³/mol. The molecule has 1 atom stereocenters. The number of nitrogens with zero attached hydrogens (tertiary/aromatic N) is 7. The summed E-state index contributed by atoms with van der Waals surface area (Å²) in [6.07, 6.45) is 5.34. The Morgan fingerprint density at radius 2 is 2.09 bits per heavy atom. The molecule has 10 heteroatoms. The lowest BCUT2D eigenvalue weighted by Gasteiger charge is -2.33. The van der Waals surface area contributed by atoms with Gasteiger partial charge in [0.1, 0.15) is 11.5 Å². The van der Waals surface area contributed by atoms with Crippen LogP contribution in [0.1, 0.15) is 28.7 Å². The molecule has 1 aliphatic heterocycles. The van der Waals surface area contributed by atoms with Crippen molar-refractivity contribution < 1.29 is 4.79 Å². The predicted octanol–water partition coefficient (Wildman–Crippen LogP) is 3.82. The van der Waals surface area contributed by atoms with Crippen LogP contribution in [-0.2, 0) is 20.1 Å². The highest BCUT2D eigenvalue weighted by Gasteiger charge is 2.32. The fraction of sp³-hybridized carbons (Fsp3) is 0.261. The summed E-state index contributed by atoms with van der Waals surface area (Å²) in [6.45, 7) is 5.10. The van der Waals surface area contributed by atoms with E-state index in [4.69, 9.17) is 11.6 Å². The van der Waals surface area contributed by atoms with Crippen molar-refractivity contribution in [2.75, 3.05) is 5.32 Å². The maximum Gasteiger partial charge on any atom is 0.290 e. The second-order valence-electron chi connectivity index (χ2n) is 8.20. The number of benzene rings is 1. The minimum atomic E-state index is -0.111. The van der Waals surface area contributed by atoms with Crippen LogP contribution in [0.4, 0.5) is 11.8 Å². The minimum absolute atomic E-state index is 0.0135. The molecule has 1 unspecified atom stereocenters. The van der Waals surface area contributed by atoms with E-state index in [0.717, 1.165) is 16.9 Å². The monoisotopic (exact) mass is 462 g/mol. The summed E-state index contributed by atoms with van der Waals surface area (Å²) in [7, 11) is 1.84. The highest BCUT2D eigenvalue weighted by molar-refractivity contribution is 6.30. The Hall–Kier alpha value is -3.72. The molecule has 3 aromatic heterocycles. The van der Waals surface area contributed by atoms with Gasteiger partial charge in [-0.15, -0.1) is 0 Å². The van der Waals surface area contributed by atoms with E-state index in [1.54, 1.807) is 17.1 Å². The number of rotatable bonds is 5. The minimum Gasteiger partial charge on any atom is -0.327 e. The van der Waals surface area contributed by atoms with E-state index in [-0.39, 0.29) is 11.9 Å². The summed E-state index contributed by atoms with van der Waals surface area (Å²) >= 11 is 6.13. The number of anilines is 2.